The minimum absolute atomic E-state index is 0.239. The average Bonchev–Trinajstić information content (AvgIpc) is 2.46. The van der Waals surface area contributed by atoms with Crippen molar-refractivity contribution in [3.8, 4) is 0 Å². The van der Waals surface area contributed by atoms with Crippen molar-refractivity contribution in [2.45, 2.75) is 36.9 Å². The van der Waals surface area contributed by atoms with Gasteiger partial charge in [0.2, 0.25) is 5.91 Å². The minimum Gasteiger partial charge on any atom is -0.375 e. The van der Waals surface area contributed by atoms with Crippen LogP contribution in [0, 0.1) is 5.82 Å². The van der Waals surface area contributed by atoms with E-state index in [1.165, 1.54) is 12.1 Å². The number of carbonyl (C=O) groups excluding carboxylic acids is 1. The molecule has 1 aliphatic heterocycles. The summed E-state index contributed by atoms with van der Waals surface area (Å²) in [5, 5.41) is 5.86. The fourth-order valence-electron chi connectivity index (χ4n) is 2.50. The molecule has 1 unspecified atom stereocenters. The highest BCUT2D eigenvalue weighted by atomic mass is 32.2. The van der Waals surface area contributed by atoms with Gasteiger partial charge in [-0.3, -0.25) is 4.79 Å². The summed E-state index contributed by atoms with van der Waals surface area (Å²) in [6.07, 6.45) is 0.701. The molecular formula is C15H21FN2O4S. The first-order valence-corrected chi connectivity index (χ1v) is 9.24. The number of hydrogen-bond acceptors (Lipinski definition) is 5. The fraction of sp³-hybridized carbons (Fsp3) is 0.533. The standard InChI is InChI=1S/C15H21FN2O4S/c1-9(18-15(19)14-10(2)22-7-6-17-14)11-4-5-13(12(16)8-11)23(3,20)21/h4-5,8-10,14,17H,6-7H2,1-3H3,(H,18,19)/t9?,10-,14+/m1/s1. The molecule has 0 bridgehead atoms. The number of ether oxygens (including phenoxy) is 1. The van der Waals surface area contributed by atoms with Crippen molar-refractivity contribution in [2.75, 3.05) is 19.4 Å². The molecule has 3 atom stereocenters. The molecule has 128 valence electrons. The van der Waals surface area contributed by atoms with E-state index < -0.39 is 27.7 Å². The van der Waals surface area contributed by atoms with Crippen LogP contribution in [0.2, 0.25) is 0 Å². The Bertz CT molecular complexity index is 693. The van der Waals surface area contributed by atoms with Crippen LogP contribution in [-0.4, -0.2) is 45.9 Å². The van der Waals surface area contributed by atoms with E-state index >= 15 is 0 Å². The number of amides is 1. The van der Waals surface area contributed by atoms with E-state index in [-0.39, 0.29) is 16.9 Å². The van der Waals surface area contributed by atoms with Crippen molar-refractivity contribution >= 4 is 15.7 Å². The summed E-state index contributed by atoms with van der Waals surface area (Å²) in [7, 11) is -3.61. The molecule has 6 nitrogen and oxygen atoms in total. The lowest BCUT2D eigenvalue weighted by Gasteiger charge is -2.30. The normalized spacial score (nSPS) is 23.3. The second-order valence-electron chi connectivity index (χ2n) is 5.70. The van der Waals surface area contributed by atoms with Gasteiger partial charge in [-0.15, -0.1) is 0 Å². The maximum Gasteiger partial charge on any atom is 0.240 e. The van der Waals surface area contributed by atoms with Crippen molar-refractivity contribution in [3.05, 3.63) is 29.6 Å². The summed E-state index contributed by atoms with van der Waals surface area (Å²) >= 11 is 0. The topological polar surface area (TPSA) is 84.5 Å². The van der Waals surface area contributed by atoms with Crippen LogP contribution >= 0.6 is 0 Å². The maximum atomic E-state index is 13.9. The number of sulfone groups is 1. The van der Waals surface area contributed by atoms with Crippen LogP contribution in [0.3, 0.4) is 0 Å². The van der Waals surface area contributed by atoms with Crippen molar-refractivity contribution in [1.82, 2.24) is 10.6 Å². The largest absolute Gasteiger partial charge is 0.375 e. The number of morpholine rings is 1. The molecule has 0 spiro atoms. The molecule has 1 amide bonds. The third-order valence-electron chi connectivity index (χ3n) is 3.81. The Morgan fingerprint density at radius 3 is 2.74 bits per heavy atom. The average molecular weight is 344 g/mol. The fourth-order valence-corrected chi connectivity index (χ4v) is 3.23. The van der Waals surface area contributed by atoms with Crippen LogP contribution in [0.1, 0.15) is 25.5 Å². The molecule has 2 N–H and O–H groups in total. The Morgan fingerprint density at radius 2 is 2.17 bits per heavy atom. The van der Waals surface area contributed by atoms with E-state index in [1.807, 2.05) is 6.92 Å². The van der Waals surface area contributed by atoms with Crippen LogP contribution in [0.5, 0.6) is 0 Å². The highest BCUT2D eigenvalue weighted by molar-refractivity contribution is 7.90. The number of benzene rings is 1. The van der Waals surface area contributed by atoms with Gasteiger partial charge in [-0.25, -0.2) is 12.8 Å². The lowest BCUT2D eigenvalue weighted by atomic mass is 10.1. The molecule has 1 aromatic rings. The number of halogens is 1. The zero-order valence-corrected chi connectivity index (χ0v) is 14.1. The van der Waals surface area contributed by atoms with E-state index in [4.69, 9.17) is 4.74 Å². The van der Waals surface area contributed by atoms with Gasteiger partial charge in [-0.1, -0.05) is 6.07 Å². The van der Waals surface area contributed by atoms with Gasteiger partial charge in [0.05, 0.1) is 18.8 Å². The van der Waals surface area contributed by atoms with Gasteiger partial charge in [0, 0.05) is 12.8 Å². The van der Waals surface area contributed by atoms with Gasteiger partial charge in [0.15, 0.2) is 9.84 Å². The molecule has 0 aromatic heterocycles. The van der Waals surface area contributed by atoms with Crippen molar-refractivity contribution in [1.29, 1.82) is 0 Å². The Balaban J connectivity index is 2.10. The zero-order chi connectivity index (χ0) is 17.2. The Kier molecular flexibility index (Phi) is 5.38. The zero-order valence-electron chi connectivity index (χ0n) is 13.3. The van der Waals surface area contributed by atoms with Crippen LogP contribution < -0.4 is 10.6 Å². The highest BCUT2D eigenvalue weighted by Gasteiger charge is 2.29. The van der Waals surface area contributed by atoms with E-state index in [2.05, 4.69) is 10.6 Å². The summed E-state index contributed by atoms with van der Waals surface area (Å²) in [4.78, 5) is 11.9. The lowest BCUT2D eigenvalue weighted by Crippen LogP contribution is -2.55. The van der Waals surface area contributed by atoms with Gasteiger partial charge in [-0.05, 0) is 31.5 Å². The van der Waals surface area contributed by atoms with Gasteiger partial charge >= 0.3 is 0 Å². The number of carbonyl (C=O) groups is 1. The SMILES string of the molecule is CC(NC(=O)[C@H]1NCCO[C@@H]1C)c1ccc(S(C)(=O)=O)c(F)c1. The Hall–Kier alpha value is -1.51. The third kappa shape index (κ3) is 4.27. The second-order valence-corrected chi connectivity index (χ2v) is 7.68. The first kappa shape index (κ1) is 17.8. The van der Waals surface area contributed by atoms with Crippen LogP contribution in [0.25, 0.3) is 0 Å². The van der Waals surface area contributed by atoms with E-state index in [0.29, 0.717) is 18.7 Å². The predicted molar refractivity (Wildman–Crippen MR) is 83.3 cm³/mol. The summed E-state index contributed by atoms with van der Waals surface area (Å²) in [5.74, 6) is -1.06. The molecule has 2 rings (SSSR count). The monoisotopic (exact) mass is 344 g/mol. The van der Waals surface area contributed by atoms with Gasteiger partial charge in [-0.2, -0.15) is 0 Å². The summed E-state index contributed by atoms with van der Waals surface area (Å²) < 4.78 is 42.2. The number of nitrogens with one attached hydrogen (secondary N) is 2. The summed E-state index contributed by atoms with van der Waals surface area (Å²) in [5.41, 5.74) is 0.493. The van der Waals surface area contributed by atoms with Crippen molar-refractivity contribution in [2.24, 2.45) is 0 Å². The number of rotatable bonds is 4. The molecule has 0 radical (unpaired) electrons. The molecule has 1 fully saturated rings. The molecule has 8 heteroatoms. The molecule has 1 aliphatic rings. The van der Waals surface area contributed by atoms with Crippen molar-refractivity contribution in [3.63, 3.8) is 0 Å². The molecule has 1 heterocycles. The van der Waals surface area contributed by atoms with Gasteiger partial charge < -0.3 is 15.4 Å². The second kappa shape index (κ2) is 6.94. The van der Waals surface area contributed by atoms with Crippen LogP contribution in [0.15, 0.2) is 23.1 Å². The third-order valence-corrected chi connectivity index (χ3v) is 4.94. The minimum atomic E-state index is -3.61. The van der Waals surface area contributed by atoms with E-state index in [1.54, 1.807) is 6.92 Å². The van der Waals surface area contributed by atoms with E-state index in [9.17, 15) is 17.6 Å². The highest BCUT2D eigenvalue weighted by Crippen LogP contribution is 2.20. The summed E-state index contributed by atoms with van der Waals surface area (Å²) in [6.45, 7) is 4.66. The summed E-state index contributed by atoms with van der Waals surface area (Å²) in [6, 6.07) is 2.93. The molecule has 1 saturated heterocycles. The first-order valence-electron chi connectivity index (χ1n) is 7.35. The van der Waals surface area contributed by atoms with Crippen LogP contribution in [0.4, 0.5) is 4.39 Å². The van der Waals surface area contributed by atoms with Crippen LogP contribution in [-0.2, 0) is 19.4 Å². The molecule has 0 aliphatic carbocycles. The van der Waals surface area contributed by atoms with Crippen molar-refractivity contribution < 1.29 is 22.3 Å². The first-order chi connectivity index (χ1) is 10.7. The molecule has 1 aromatic carbocycles. The van der Waals surface area contributed by atoms with Gasteiger partial charge in [0.1, 0.15) is 16.8 Å². The Morgan fingerprint density at radius 1 is 1.48 bits per heavy atom. The molecular weight excluding hydrogens is 323 g/mol. The van der Waals surface area contributed by atoms with Gasteiger partial charge in [0.25, 0.3) is 0 Å². The maximum absolute atomic E-state index is 13.9. The van der Waals surface area contributed by atoms with E-state index in [0.717, 1.165) is 12.3 Å². The lowest BCUT2D eigenvalue weighted by molar-refractivity contribution is -0.129. The predicted octanol–water partition coefficient (Wildman–Crippen LogP) is 0.783. The molecule has 0 saturated carbocycles. The Labute approximate surface area is 135 Å². The molecule has 23 heavy (non-hydrogen) atoms. The smallest absolute Gasteiger partial charge is 0.240 e. The quantitative estimate of drug-likeness (QED) is 0.843. The number of hydrogen-bond donors (Lipinski definition) is 2.